The van der Waals surface area contributed by atoms with Crippen molar-refractivity contribution in [1.29, 1.82) is 0 Å². The number of carbonyl (C=O) groups is 1. The molecule has 0 fully saturated rings. The highest BCUT2D eigenvalue weighted by Gasteiger charge is 2.18. The number of nitrogens with zero attached hydrogens (tertiary/aromatic N) is 2. The van der Waals surface area contributed by atoms with E-state index in [4.69, 9.17) is 4.74 Å². The number of methoxy groups -OCH3 is 1. The zero-order valence-corrected chi connectivity index (χ0v) is 14.7. The number of hydrogen-bond acceptors (Lipinski definition) is 3. The van der Waals surface area contributed by atoms with Crippen molar-refractivity contribution >= 4 is 21.8 Å². The van der Waals surface area contributed by atoms with Crippen molar-refractivity contribution in [3.05, 3.63) is 76.5 Å². The van der Waals surface area contributed by atoms with Crippen molar-refractivity contribution in [3.8, 4) is 11.4 Å². The lowest BCUT2D eigenvalue weighted by Crippen LogP contribution is -2.24. The first-order chi connectivity index (χ1) is 11.7. The first-order valence-corrected chi connectivity index (χ1v) is 8.18. The van der Waals surface area contributed by atoms with Gasteiger partial charge in [0.05, 0.1) is 19.0 Å². The third kappa shape index (κ3) is 3.65. The zero-order valence-electron chi connectivity index (χ0n) is 13.1. The van der Waals surface area contributed by atoms with Crippen LogP contribution in [-0.4, -0.2) is 22.8 Å². The fraction of sp³-hybridized carbons (Fsp3) is 0.111. The molecule has 0 aliphatic carbocycles. The second kappa shape index (κ2) is 7.31. The lowest BCUT2D eigenvalue weighted by atomic mass is 10.2. The van der Waals surface area contributed by atoms with E-state index in [2.05, 4.69) is 26.3 Å². The number of rotatable bonds is 5. The second-order valence-electron chi connectivity index (χ2n) is 5.14. The highest BCUT2D eigenvalue weighted by Crippen LogP contribution is 2.19. The predicted octanol–water partition coefficient (Wildman–Crippen LogP) is 3.57. The quantitative estimate of drug-likeness (QED) is 0.730. The summed E-state index contributed by atoms with van der Waals surface area (Å²) in [5, 5.41) is 7.22. The van der Waals surface area contributed by atoms with Crippen molar-refractivity contribution < 1.29 is 9.53 Å². The molecule has 3 rings (SSSR count). The Balaban J connectivity index is 1.78. The molecule has 1 heterocycles. The molecular weight excluding hydrogens is 370 g/mol. The number of aromatic nitrogens is 2. The Morgan fingerprint density at radius 2 is 2.00 bits per heavy atom. The Morgan fingerprint density at radius 1 is 1.21 bits per heavy atom. The van der Waals surface area contributed by atoms with Gasteiger partial charge < -0.3 is 10.1 Å². The average Bonchev–Trinajstić information content (AvgIpc) is 3.05. The monoisotopic (exact) mass is 385 g/mol. The van der Waals surface area contributed by atoms with E-state index >= 15 is 0 Å². The molecule has 5 nitrogen and oxygen atoms in total. The van der Waals surface area contributed by atoms with Crippen LogP contribution in [0.15, 0.2) is 65.3 Å². The fourth-order valence-corrected chi connectivity index (χ4v) is 2.74. The van der Waals surface area contributed by atoms with Crippen molar-refractivity contribution in [2.45, 2.75) is 6.54 Å². The van der Waals surface area contributed by atoms with Gasteiger partial charge in [-0.25, -0.2) is 4.68 Å². The molecule has 0 saturated carbocycles. The van der Waals surface area contributed by atoms with Gasteiger partial charge in [-0.3, -0.25) is 4.79 Å². The van der Waals surface area contributed by atoms with Gasteiger partial charge in [0.25, 0.3) is 5.91 Å². The minimum absolute atomic E-state index is 0.261. The first kappa shape index (κ1) is 16.3. The molecule has 0 atom stereocenters. The summed E-state index contributed by atoms with van der Waals surface area (Å²) in [5.41, 5.74) is 2.12. The van der Waals surface area contributed by atoms with E-state index in [-0.39, 0.29) is 11.6 Å². The van der Waals surface area contributed by atoms with Crippen LogP contribution in [0, 0.1) is 0 Å². The maximum absolute atomic E-state index is 12.4. The molecular formula is C18H16BrN3O2. The van der Waals surface area contributed by atoms with Gasteiger partial charge in [-0.2, -0.15) is 5.10 Å². The summed E-state index contributed by atoms with van der Waals surface area (Å²) in [6, 6.07) is 17.4. The van der Waals surface area contributed by atoms with Crippen LogP contribution in [0.3, 0.4) is 0 Å². The molecule has 1 N–H and O–H groups in total. The zero-order chi connectivity index (χ0) is 16.9. The molecule has 3 aromatic rings. The summed E-state index contributed by atoms with van der Waals surface area (Å²) in [7, 11) is 1.53. The van der Waals surface area contributed by atoms with Crippen molar-refractivity contribution in [1.82, 2.24) is 15.1 Å². The number of carbonyl (C=O) groups excluding carboxylic acids is 1. The molecule has 0 unspecified atom stereocenters. The molecule has 122 valence electrons. The highest BCUT2D eigenvalue weighted by atomic mass is 79.9. The van der Waals surface area contributed by atoms with E-state index in [1.54, 1.807) is 10.9 Å². The third-order valence-corrected chi connectivity index (χ3v) is 3.97. The second-order valence-corrected chi connectivity index (χ2v) is 6.05. The van der Waals surface area contributed by atoms with Gasteiger partial charge in [-0.1, -0.05) is 46.3 Å². The van der Waals surface area contributed by atoms with E-state index in [1.807, 2.05) is 54.6 Å². The molecule has 2 aromatic carbocycles. The van der Waals surface area contributed by atoms with Gasteiger partial charge >= 0.3 is 0 Å². The largest absolute Gasteiger partial charge is 0.493 e. The molecule has 0 bridgehead atoms. The van der Waals surface area contributed by atoms with Crippen LogP contribution in [0.5, 0.6) is 5.75 Å². The van der Waals surface area contributed by atoms with Crippen LogP contribution in [0.1, 0.15) is 16.1 Å². The van der Waals surface area contributed by atoms with Crippen LogP contribution in [-0.2, 0) is 6.54 Å². The van der Waals surface area contributed by atoms with E-state index in [0.717, 1.165) is 15.7 Å². The maximum Gasteiger partial charge on any atom is 0.275 e. The van der Waals surface area contributed by atoms with E-state index < -0.39 is 0 Å². The minimum atomic E-state index is -0.276. The van der Waals surface area contributed by atoms with Crippen LogP contribution in [0.2, 0.25) is 0 Å². The smallest absolute Gasteiger partial charge is 0.275 e. The van der Waals surface area contributed by atoms with E-state index in [0.29, 0.717) is 12.3 Å². The number of benzene rings is 2. The molecule has 0 spiro atoms. The molecule has 0 saturated heterocycles. The number of halogens is 1. The average molecular weight is 386 g/mol. The van der Waals surface area contributed by atoms with Crippen molar-refractivity contribution in [3.63, 3.8) is 0 Å². The van der Waals surface area contributed by atoms with Crippen LogP contribution in [0.4, 0.5) is 0 Å². The Morgan fingerprint density at radius 3 is 2.71 bits per heavy atom. The van der Waals surface area contributed by atoms with Gasteiger partial charge in [0.2, 0.25) is 0 Å². The molecule has 24 heavy (non-hydrogen) atoms. The number of amides is 1. The summed E-state index contributed by atoms with van der Waals surface area (Å²) in [6.45, 7) is 0.416. The van der Waals surface area contributed by atoms with Crippen molar-refractivity contribution in [2.24, 2.45) is 0 Å². The summed E-state index contributed by atoms with van der Waals surface area (Å²) in [4.78, 5) is 12.4. The first-order valence-electron chi connectivity index (χ1n) is 7.39. The minimum Gasteiger partial charge on any atom is -0.493 e. The van der Waals surface area contributed by atoms with Gasteiger partial charge in [0.15, 0.2) is 11.4 Å². The summed E-state index contributed by atoms with van der Waals surface area (Å²) < 4.78 is 7.89. The molecule has 1 aromatic heterocycles. The summed E-state index contributed by atoms with van der Waals surface area (Å²) in [6.07, 6.45) is 1.70. The summed E-state index contributed by atoms with van der Waals surface area (Å²) in [5.74, 6) is 0.159. The SMILES string of the molecule is COc1cn(-c2ccccc2)nc1C(=O)NCc1cccc(Br)c1. The number of ether oxygens (including phenoxy) is 1. The van der Waals surface area contributed by atoms with Gasteiger partial charge in [-0.15, -0.1) is 0 Å². The Labute approximate surface area is 148 Å². The summed E-state index contributed by atoms with van der Waals surface area (Å²) >= 11 is 3.42. The number of para-hydroxylation sites is 1. The van der Waals surface area contributed by atoms with Gasteiger partial charge in [0.1, 0.15) is 0 Å². The van der Waals surface area contributed by atoms with Crippen LogP contribution in [0.25, 0.3) is 5.69 Å². The van der Waals surface area contributed by atoms with E-state index in [1.165, 1.54) is 7.11 Å². The van der Waals surface area contributed by atoms with Gasteiger partial charge in [-0.05, 0) is 29.8 Å². The molecule has 1 amide bonds. The number of nitrogens with one attached hydrogen (secondary N) is 1. The lowest BCUT2D eigenvalue weighted by molar-refractivity contribution is 0.0942. The highest BCUT2D eigenvalue weighted by molar-refractivity contribution is 9.10. The molecule has 0 aliphatic heterocycles. The Hall–Kier alpha value is -2.60. The van der Waals surface area contributed by atoms with Gasteiger partial charge in [0, 0.05) is 11.0 Å². The fourth-order valence-electron chi connectivity index (χ4n) is 2.29. The molecule has 0 radical (unpaired) electrons. The van der Waals surface area contributed by atoms with Crippen molar-refractivity contribution in [2.75, 3.05) is 7.11 Å². The topological polar surface area (TPSA) is 56.2 Å². The maximum atomic E-state index is 12.4. The standard InChI is InChI=1S/C18H16BrN3O2/c1-24-16-12-22(15-8-3-2-4-9-15)21-17(16)18(23)20-11-13-6-5-7-14(19)10-13/h2-10,12H,11H2,1H3,(H,20,23). The van der Waals surface area contributed by atoms with E-state index in [9.17, 15) is 4.79 Å². The molecule has 6 heteroatoms. The Bertz CT molecular complexity index is 846. The van der Waals surface area contributed by atoms with Crippen LogP contribution >= 0.6 is 15.9 Å². The lowest BCUT2D eigenvalue weighted by Gasteiger charge is -2.05. The molecule has 0 aliphatic rings. The Kier molecular flexibility index (Phi) is 4.96. The normalized spacial score (nSPS) is 10.4. The predicted molar refractivity (Wildman–Crippen MR) is 95.4 cm³/mol. The van der Waals surface area contributed by atoms with Crippen LogP contribution < -0.4 is 10.1 Å². The third-order valence-electron chi connectivity index (χ3n) is 3.48. The number of hydrogen-bond donors (Lipinski definition) is 1.